The normalized spacial score (nSPS) is 26.5. The third-order valence-electron chi connectivity index (χ3n) is 3.61. The van der Waals surface area contributed by atoms with Gasteiger partial charge in [-0.1, -0.05) is 44.0 Å². The molecule has 82 valence electrons. The maximum atomic E-state index is 6.20. The fourth-order valence-electron chi connectivity index (χ4n) is 2.62. The van der Waals surface area contributed by atoms with E-state index in [-0.39, 0.29) is 0 Å². The molecule has 2 N–H and O–H groups in total. The molecule has 2 rings (SSSR count). The van der Waals surface area contributed by atoms with Gasteiger partial charge >= 0.3 is 0 Å². The smallest absolute Gasteiger partial charge is 0.0108 e. The molecule has 0 radical (unpaired) electrons. The van der Waals surface area contributed by atoms with Gasteiger partial charge in [0, 0.05) is 6.04 Å². The molecule has 1 fully saturated rings. The highest BCUT2D eigenvalue weighted by Gasteiger charge is 2.23. The van der Waals surface area contributed by atoms with Gasteiger partial charge in [-0.25, -0.2) is 0 Å². The van der Waals surface area contributed by atoms with E-state index >= 15 is 0 Å². The molecule has 1 aliphatic rings. The number of rotatable bonds is 2. The first-order valence-corrected chi connectivity index (χ1v) is 6.15. The van der Waals surface area contributed by atoms with Crippen LogP contribution >= 0.6 is 0 Å². The van der Waals surface area contributed by atoms with Crippen LogP contribution in [0.1, 0.15) is 49.7 Å². The van der Waals surface area contributed by atoms with E-state index in [0.29, 0.717) is 12.0 Å². The lowest BCUT2D eigenvalue weighted by Crippen LogP contribution is -2.31. The van der Waals surface area contributed by atoms with Gasteiger partial charge in [0.25, 0.3) is 0 Å². The number of aryl methyl sites for hydroxylation is 1. The van der Waals surface area contributed by atoms with Crippen molar-refractivity contribution in [2.24, 2.45) is 5.73 Å². The van der Waals surface area contributed by atoms with Crippen molar-refractivity contribution in [2.75, 3.05) is 0 Å². The Morgan fingerprint density at radius 3 is 2.80 bits per heavy atom. The zero-order chi connectivity index (χ0) is 10.7. The van der Waals surface area contributed by atoms with Crippen molar-refractivity contribution in [1.29, 1.82) is 0 Å². The molecular weight excluding hydrogens is 182 g/mol. The van der Waals surface area contributed by atoms with Crippen molar-refractivity contribution < 1.29 is 0 Å². The molecule has 1 aliphatic carbocycles. The Morgan fingerprint density at radius 2 is 2.07 bits per heavy atom. The van der Waals surface area contributed by atoms with E-state index in [4.69, 9.17) is 5.73 Å². The van der Waals surface area contributed by atoms with Gasteiger partial charge in [0.15, 0.2) is 0 Å². The molecule has 0 bridgehead atoms. The summed E-state index contributed by atoms with van der Waals surface area (Å²) in [5, 5.41) is 0. The second-order valence-corrected chi connectivity index (χ2v) is 4.65. The average Bonchev–Trinajstić information content (AvgIpc) is 2.30. The highest BCUT2D eigenvalue weighted by Crippen LogP contribution is 2.32. The first kappa shape index (κ1) is 10.7. The molecule has 2 atom stereocenters. The standard InChI is InChI=1S/C14H21N/c1-2-11-6-5-7-12(10-11)13-8-3-4-9-14(13)15/h5-7,10,13-14H,2-4,8-9,15H2,1H3. The summed E-state index contributed by atoms with van der Waals surface area (Å²) in [6.07, 6.45) is 6.24. The van der Waals surface area contributed by atoms with Gasteiger partial charge in [-0.05, 0) is 36.3 Å². The van der Waals surface area contributed by atoms with Gasteiger partial charge in [0.1, 0.15) is 0 Å². The largest absolute Gasteiger partial charge is 0.327 e. The van der Waals surface area contributed by atoms with Gasteiger partial charge in [-0.15, -0.1) is 0 Å². The number of nitrogens with two attached hydrogens (primary N) is 1. The summed E-state index contributed by atoms with van der Waals surface area (Å²) in [6.45, 7) is 2.21. The predicted molar refractivity (Wildman–Crippen MR) is 65.0 cm³/mol. The van der Waals surface area contributed by atoms with Gasteiger partial charge in [0.2, 0.25) is 0 Å². The average molecular weight is 203 g/mol. The van der Waals surface area contributed by atoms with Crippen LogP contribution in [0.4, 0.5) is 0 Å². The summed E-state index contributed by atoms with van der Waals surface area (Å²) in [5.74, 6) is 0.602. The van der Waals surface area contributed by atoms with E-state index < -0.39 is 0 Å². The van der Waals surface area contributed by atoms with Crippen molar-refractivity contribution >= 4 is 0 Å². The van der Waals surface area contributed by atoms with E-state index in [1.807, 2.05) is 0 Å². The van der Waals surface area contributed by atoms with Gasteiger partial charge in [0.05, 0.1) is 0 Å². The Labute approximate surface area is 92.7 Å². The van der Waals surface area contributed by atoms with Crippen molar-refractivity contribution in [1.82, 2.24) is 0 Å². The number of benzene rings is 1. The van der Waals surface area contributed by atoms with Crippen molar-refractivity contribution in [2.45, 2.75) is 51.0 Å². The van der Waals surface area contributed by atoms with Crippen LogP contribution in [0, 0.1) is 0 Å². The number of hydrogen-bond acceptors (Lipinski definition) is 1. The SMILES string of the molecule is CCc1cccc(C2CCCCC2N)c1. The van der Waals surface area contributed by atoms with Crippen LogP contribution in [0.3, 0.4) is 0 Å². The third-order valence-corrected chi connectivity index (χ3v) is 3.61. The van der Waals surface area contributed by atoms with E-state index in [1.165, 1.54) is 36.8 Å². The summed E-state index contributed by atoms with van der Waals surface area (Å²) in [5.41, 5.74) is 9.10. The molecule has 0 saturated heterocycles. The molecule has 1 aromatic rings. The summed E-state index contributed by atoms with van der Waals surface area (Å²) < 4.78 is 0. The molecule has 1 heteroatoms. The lowest BCUT2D eigenvalue weighted by atomic mass is 9.80. The van der Waals surface area contributed by atoms with Crippen LogP contribution in [0.25, 0.3) is 0 Å². The quantitative estimate of drug-likeness (QED) is 0.784. The first-order valence-electron chi connectivity index (χ1n) is 6.15. The van der Waals surface area contributed by atoms with Gasteiger partial charge < -0.3 is 5.73 Å². The molecule has 0 amide bonds. The van der Waals surface area contributed by atoms with Crippen LogP contribution < -0.4 is 5.73 Å². The maximum absolute atomic E-state index is 6.20. The summed E-state index contributed by atoms with van der Waals surface area (Å²) in [6, 6.07) is 9.35. The molecule has 15 heavy (non-hydrogen) atoms. The highest BCUT2D eigenvalue weighted by molar-refractivity contribution is 5.27. The van der Waals surface area contributed by atoms with Crippen LogP contribution in [0.2, 0.25) is 0 Å². The Hall–Kier alpha value is -0.820. The monoisotopic (exact) mass is 203 g/mol. The van der Waals surface area contributed by atoms with Crippen LogP contribution in [0.5, 0.6) is 0 Å². The van der Waals surface area contributed by atoms with Crippen molar-refractivity contribution in [3.8, 4) is 0 Å². The predicted octanol–water partition coefficient (Wildman–Crippen LogP) is 3.23. The summed E-state index contributed by atoms with van der Waals surface area (Å²) >= 11 is 0. The minimum Gasteiger partial charge on any atom is -0.327 e. The molecule has 0 heterocycles. The zero-order valence-electron chi connectivity index (χ0n) is 9.58. The molecular formula is C14H21N. The molecule has 0 aromatic heterocycles. The van der Waals surface area contributed by atoms with Crippen molar-refractivity contribution in [3.63, 3.8) is 0 Å². The first-order chi connectivity index (χ1) is 7.31. The Kier molecular flexibility index (Phi) is 3.42. The highest BCUT2D eigenvalue weighted by atomic mass is 14.7. The third kappa shape index (κ3) is 2.40. The van der Waals surface area contributed by atoms with Crippen LogP contribution in [0.15, 0.2) is 24.3 Å². The molecule has 1 nitrogen and oxygen atoms in total. The maximum Gasteiger partial charge on any atom is 0.0108 e. The number of hydrogen-bond donors (Lipinski definition) is 1. The lowest BCUT2D eigenvalue weighted by molar-refractivity contribution is 0.385. The fourth-order valence-corrected chi connectivity index (χ4v) is 2.62. The minimum absolute atomic E-state index is 0.380. The van der Waals surface area contributed by atoms with Gasteiger partial charge in [-0.3, -0.25) is 0 Å². The van der Waals surface area contributed by atoms with Crippen LogP contribution in [-0.2, 0) is 6.42 Å². The second-order valence-electron chi connectivity index (χ2n) is 4.65. The molecule has 0 aliphatic heterocycles. The Balaban J connectivity index is 2.19. The van der Waals surface area contributed by atoms with E-state index in [2.05, 4.69) is 31.2 Å². The Morgan fingerprint density at radius 1 is 1.27 bits per heavy atom. The summed E-state index contributed by atoms with van der Waals surface area (Å²) in [7, 11) is 0. The molecule has 1 saturated carbocycles. The van der Waals surface area contributed by atoms with E-state index in [9.17, 15) is 0 Å². The molecule has 0 spiro atoms. The van der Waals surface area contributed by atoms with Crippen LogP contribution in [-0.4, -0.2) is 6.04 Å². The topological polar surface area (TPSA) is 26.0 Å². The summed E-state index contributed by atoms with van der Waals surface area (Å²) in [4.78, 5) is 0. The second kappa shape index (κ2) is 4.80. The fraction of sp³-hybridized carbons (Fsp3) is 0.571. The van der Waals surface area contributed by atoms with E-state index in [1.54, 1.807) is 0 Å². The lowest BCUT2D eigenvalue weighted by Gasteiger charge is -2.29. The van der Waals surface area contributed by atoms with Crippen molar-refractivity contribution in [3.05, 3.63) is 35.4 Å². The van der Waals surface area contributed by atoms with Gasteiger partial charge in [-0.2, -0.15) is 0 Å². The van der Waals surface area contributed by atoms with E-state index in [0.717, 1.165) is 6.42 Å². The minimum atomic E-state index is 0.380. The Bertz CT molecular complexity index is 319. The molecule has 1 aromatic carbocycles. The molecule has 2 unspecified atom stereocenters. The zero-order valence-corrected chi connectivity index (χ0v) is 9.58.